The average Bonchev–Trinajstić information content (AvgIpc) is 2.75. The van der Waals surface area contributed by atoms with Crippen LogP contribution in [0.15, 0.2) is 24.4 Å². The first kappa shape index (κ1) is 15.4. The molecule has 1 aromatic rings. The maximum Gasteiger partial charge on any atom is 0.150 e. The molecule has 1 aliphatic heterocycles. The van der Waals surface area contributed by atoms with Crippen LogP contribution in [0.3, 0.4) is 0 Å². The third-order valence-corrected chi connectivity index (χ3v) is 5.57. The van der Waals surface area contributed by atoms with E-state index in [9.17, 15) is 8.42 Å². The van der Waals surface area contributed by atoms with E-state index in [1.54, 1.807) is 0 Å². The quantitative estimate of drug-likeness (QED) is 0.874. The van der Waals surface area contributed by atoms with Gasteiger partial charge in [-0.25, -0.2) is 8.42 Å². The molecular weight excluding hydrogens is 272 g/mol. The van der Waals surface area contributed by atoms with Crippen LogP contribution >= 0.6 is 0 Å². The van der Waals surface area contributed by atoms with Crippen molar-refractivity contribution in [1.82, 2.24) is 10.3 Å². The van der Waals surface area contributed by atoms with Gasteiger partial charge in [0.2, 0.25) is 0 Å². The Morgan fingerprint density at radius 2 is 2.20 bits per heavy atom. The minimum atomic E-state index is -2.79. The normalized spacial score (nSPS) is 23.1. The van der Waals surface area contributed by atoms with Crippen molar-refractivity contribution in [2.45, 2.75) is 32.7 Å². The highest BCUT2D eigenvalue weighted by Crippen LogP contribution is 2.22. The molecular formula is C15H24N2O2S. The van der Waals surface area contributed by atoms with Gasteiger partial charge in [-0.15, -0.1) is 0 Å². The van der Waals surface area contributed by atoms with Gasteiger partial charge in [-0.05, 0) is 43.4 Å². The molecule has 1 fully saturated rings. The molecule has 112 valence electrons. The molecule has 0 saturated carbocycles. The second-order valence-electron chi connectivity index (χ2n) is 6.11. The molecule has 2 heterocycles. The molecule has 0 bridgehead atoms. The lowest BCUT2D eigenvalue weighted by molar-refractivity contribution is 0.392. The van der Waals surface area contributed by atoms with Crippen LogP contribution < -0.4 is 5.32 Å². The number of hydrogen-bond donors (Lipinski definition) is 1. The van der Waals surface area contributed by atoms with Gasteiger partial charge < -0.3 is 5.32 Å². The van der Waals surface area contributed by atoms with Crippen molar-refractivity contribution in [3.05, 3.63) is 30.1 Å². The van der Waals surface area contributed by atoms with E-state index in [1.165, 1.54) is 0 Å². The van der Waals surface area contributed by atoms with E-state index in [1.807, 2.05) is 24.4 Å². The Balaban J connectivity index is 1.95. The fourth-order valence-corrected chi connectivity index (χ4v) is 4.57. The number of nitrogens with one attached hydrogen (secondary N) is 1. The highest BCUT2D eigenvalue weighted by atomic mass is 32.2. The highest BCUT2D eigenvalue weighted by molar-refractivity contribution is 7.91. The first-order chi connectivity index (χ1) is 9.46. The van der Waals surface area contributed by atoms with Gasteiger partial charge in [-0.1, -0.05) is 19.9 Å². The van der Waals surface area contributed by atoms with Crippen LogP contribution in [-0.4, -0.2) is 31.5 Å². The summed E-state index contributed by atoms with van der Waals surface area (Å²) in [7, 11) is -2.79. The van der Waals surface area contributed by atoms with Gasteiger partial charge in [0.1, 0.15) is 0 Å². The Labute approximate surface area is 121 Å². The van der Waals surface area contributed by atoms with Crippen LogP contribution in [0.25, 0.3) is 0 Å². The molecule has 0 aliphatic carbocycles. The Morgan fingerprint density at radius 3 is 2.75 bits per heavy atom. The van der Waals surface area contributed by atoms with Crippen LogP contribution in [0.2, 0.25) is 0 Å². The summed E-state index contributed by atoms with van der Waals surface area (Å²) in [6, 6.07) is 6.15. The maximum atomic E-state index is 11.5. The predicted molar refractivity (Wildman–Crippen MR) is 81.2 cm³/mol. The van der Waals surface area contributed by atoms with Crippen LogP contribution in [0.5, 0.6) is 0 Å². The number of rotatable bonds is 6. The summed E-state index contributed by atoms with van der Waals surface area (Å²) in [4.78, 5) is 4.43. The van der Waals surface area contributed by atoms with E-state index < -0.39 is 9.84 Å². The average molecular weight is 296 g/mol. The first-order valence-corrected chi connectivity index (χ1v) is 9.13. The molecule has 0 radical (unpaired) electrons. The van der Waals surface area contributed by atoms with Gasteiger partial charge in [-0.2, -0.15) is 0 Å². The molecule has 0 unspecified atom stereocenters. The molecule has 0 aromatic carbocycles. The summed E-state index contributed by atoms with van der Waals surface area (Å²) in [5.74, 6) is 1.49. The van der Waals surface area contributed by atoms with E-state index in [2.05, 4.69) is 24.1 Å². The Kier molecular flexibility index (Phi) is 5.16. The van der Waals surface area contributed by atoms with Gasteiger partial charge in [0, 0.05) is 12.2 Å². The summed E-state index contributed by atoms with van der Waals surface area (Å²) < 4.78 is 23.0. The predicted octanol–water partition coefficient (Wildman–Crippen LogP) is 2.19. The summed E-state index contributed by atoms with van der Waals surface area (Å²) in [5, 5.41) is 3.52. The van der Waals surface area contributed by atoms with Crippen molar-refractivity contribution in [3.8, 4) is 0 Å². The number of pyridine rings is 1. The Hall–Kier alpha value is -0.940. The van der Waals surface area contributed by atoms with Crippen molar-refractivity contribution in [3.63, 3.8) is 0 Å². The van der Waals surface area contributed by atoms with Crippen molar-refractivity contribution in [2.24, 2.45) is 11.8 Å². The topological polar surface area (TPSA) is 59.1 Å². The van der Waals surface area contributed by atoms with E-state index in [0.29, 0.717) is 17.4 Å². The van der Waals surface area contributed by atoms with Crippen molar-refractivity contribution < 1.29 is 8.42 Å². The number of aromatic nitrogens is 1. The summed E-state index contributed by atoms with van der Waals surface area (Å²) >= 11 is 0. The number of hydrogen-bond acceptors (Lipinski definition) is 4. The Morgan fingerprint density at radius 1 is 1.40 bits per heavy atom. The fourth-order valence-electron chi connectivity index (χ4n) is 2.70. The Bertz CT molecular complexity index is 514. The lowest BCUT2D eigenvalue weighted by Crippen LogP contribution is -2.29. The molecule has 1 aromatic heterocycles. The van der Waals surface area contributed by atoms with E-state index >= 15 is 0 Å². The van der Waals surface area contributed by atoms with Crippen LogP contribution in [0.1, 0.15) is 38.4 Å². The summed E-state index contributed by atoms with van der Waals surface area (Å²) in [6.45, 7) is 5.14. The first-order valence-electron chi connectivity index (χ1n) is 7.31. The van der Waals surface area contributed by atoms with Gasteiger partial charge in [0.15, 0.2) is 9.84 Å². The second kappa shape index (κ2) is 6.68. The zero-order valence-corrected chi connectivity index (χ0v) is 13.1. The molecule has 4 nitrogen and oxygen atoms in total. The molecule has 1 aliphatic rings. The lowest BCUT2D eigenvalue weighted by atomic mass is 9.99. The van der Waals surface area contributed by atoms with E-state index in [0.717, 1.165) is 25.1 Å². The molecule has 1 saturated heterocycles. The zero-order chi connectivity index (χ0) is 14.6. The zero-order valence-electron chi connectivity index (χ0n) is 12.2. The van der Waals surface area contributed by atoms with Gasteiger partial charge in [-0.3, -0.25) is 4.98 Å². The molecule has 2 atom stereocenters. The highest BCUT2D eigenvalue weighted by Gasteiger charge is 2.28. The molecule has 1 N–H and O–H groups in total. The SMILES string of the molecule is CC(C)C[C@@H](NC[C@H]1CCS(=O)(=O)C1)c1ccccn1. The van der Waals surface area contributed by atoms with Gasteiger partial charge in [0.25, 0.3) is 0 Å². The smallest absolute Gasteiger partial charge is 0.150 e. The summed E-state index contributed by atoms with van der Waals surface area (Å²) in [5.41, 5.74) is 1.04. The minimum absolute atomic E-state index is 0.208. The molecule has 2 rings (SSSR count). The number of nitrogens with zero attached hydrogens (tertiary/aromatic N) is 1. The molecule has 0 spiro atoms. The molecule has 5 heteroatoms. The number of sulfone groups is 1. The van der Waals surface area contributed by atoms with Crippen molar-refractivity contribution >= 4 is 9.84 Å². The lowest BCUT2D eigenvalue weighted by Gasteiger charge is -2.22. The third-order valence-electron chi connectivity index (χ3n) is 3.73. The van der Waals surface area contributed by atoms with E-state index in [4.69, 9.17) is 0 Å². The van der Waals surface area contributed by atoms with Gasteiger partial charge >= 0.3 is 0 Å². The second-order valence-corrected chi connectivity index (χ2v) is 8.34. The molecule has 20 heavy (non-hydrogen) atoms. The monoisotopic (exact) mass is 296 g/mol. The van der Waals surface area contributed by atoms with Crippen LogP contribution in [0.4, 0.5) is 0 Å². The van der Waals surface area contributed by atoms with Crippen molar-refractivity contribution in [1.29, 1.82) is 0 Å². The standard InChI is InChI=1S/C15H24N2O2S/c1-12(2)9-15(14-5-3-4-7-16-14)17-10-13-6-8-20(18,19)11-13/h3-5,7,12-13,15,17H,6,8-11H2,1-2H3/t13-,15-/m1/s1. The summed E-state index contributed by atoms with van der Waals surface area (Å²) in [6.07, 6.45) is 3.60. The van der Waals surface area contributed by atoms with E-state index in [-0.39, 0.29) is 12.0 Å². The maximum absolute atomic E-state index is 11.5. The van der Waals surface area contributed by atoms with Crippen LogP contribution in [0, 0.1) is 11.8 Å². The van der Waals surface area contributed by atoms with Crippen LogP contribution in [-0.2, 0) is 9.84 Å². The fraction of sp³-hybridized carbons (Fsp3) is 0.667. The van der Waals surface area contributed by atoms with Crippen molar-refractivity contribution in [2.75, 3.05) is 18.1 Å². The third kappa shape index (κ3) is 4.56. The minimum Gasteiger partial charge on any atom is -0.308 e. The molecule has 0 amide bonds. The largest absolute Gasteiger partial charge is 0.308 e. The van der Waals surface area contributed by atoms with Gasteiger partial charge in [0.05, 0.1) is 17.2 Å².